The van der Waals surface area contributed by atoms with E-state index in [9.17, 15) is 4.79 Å². The van der Waals surface area contributed by atoms with E-state index in [0.29, 0.717) is 18.4 Å². The van der Waals surface area contributed by atoms with Gasteiger partial charge in [-0.1, -0.05) is 12.1 Å². The first-order valence-corrected chi connectivity index (χ1v) is 9.04. The molecule has 0 N–H and O–H groups in total. The summed E-state index contributed by atoms with van der Waals surface area (Å²) in [6.07, 6.45) is 5.87. The lowest BCUT2D eigenvalue weighted by Crippen LogP contribution is -2.38. The molecule has 1 aromatic heterocycles. The molecule has 4 rings (SSSR count). The molecule has 1 amide bonds. The van der Waals surface area contributed by atoms with Gasteiger partial charge in [0.2, 0.25) is 5.91 Å². The molecule has 2 aliphatic rings. The smallest absolute Gasteiger partial charge is 0.222 e. The van der Waals surface area contributed by atoms with Crippen molar-refractivity contribution < 1.29 is 13.9 Å². The van der Waals surface area contributed by atoms with Crippen LogP contribution in [0.1, 0.15) is 50.3 Å². The summed E-state index contributed by atoms with van der Waals surface area (Å²) in [6.45, 7) is 2.45. The highest BCUT2D eigenvalue weighted by molar-refractivity contribution is 5.76. The van der Waals surface area contributed by atoms with E-state index in [1.54, 1.807) is 0 Å². The maximum absolute atomic E-state index is 12.4. The second-order valence-corrected chi connectivity index (χ2v) is 6.85. The Bertz CT molecular complexity index is 664. The van der Waals surface area contributed by atoms with Gasteiger partial charge in [0.15, 0.2) is 11.5 Å². The number of para-hydroxylation sites is 2. The molecule has 1 aromatic carbocycles. The molecule has 128 valence electrons. The zero-order chi connectivity index (χ0) is 16.4. The number of amides is 1. The third-order valence-electron chi connectivity index (χ3n) is 5.21. The normalized spacial score (nSPS) is 22.3. The molecule has 1 unspecified atom stereocenters. The number of hydrogen-bond donors (Lipinski definition) is 0. The Morgan fingerprint density at radius 3 is 2.79 bits per heavy atom. The van der Waals surface area contributed by atoms with Crippen LogP contribution in [-0.2, 0) is 9.53 Å². The van der Waals surface area contributed by atoms with E-state index < -0.39 is 0 Å². The third-order valence-corrected chi connectivity index (χ3v) is 5.21. The number of carbonyl (C=O) groups is 1. The van der Waals surface area contributed by atoms with Crippen LogP contribution in [0, 0.1) is 0 Å². The second kappa shape index (κ2) is 6.93. The molecule has 24 heavy (non-hydrogen) atoms. The zero-order valence-electron chi connectivity index (χ0n) is 13.9. The topological polar surface area (TPSA) is 55.6 Å². The third kappa shape index (κ3) is 3.31. The number of likely N-dealkylation sites (tertiary alicyclic amines) is 1. The molecule has 5 nitrogen and oxygen atoms in total. The minimum absolute atomic E-state index is 0.265. The minimum atomic E-state index is 0.265. The van der Waals surface area contributed by atoms with Crippen LogP contribution in [0.25, 0.3) is 11.1 Å². The number of piperidine rings is 1. The van der Waals surface area contributed by atoms with Crippen LogP contribution in [0.2, 0.25) is 0 Å². The predicted molar refractivity (Wildman–Crippen MR) is 90.8 cm³/mol. The summed E-state index contributed by atoms with van der Waals surface area (Å²) in [5, 5.41) is 0. The largest absolute Gasteiger partial charge is 0.440 e. The fourth-order valence-corrected chi connectivity index (χ4v) is 3.76. The Morgan fingerprint density at radius 2 is 2.04 bits per heavy atom. The Kier molecular flexibility index (Phi) is 4.52. The number of oxazole rings is 1. The van der Waals surface area contributed by atoms with Crippen molar-refractivity contribution in [1.29, 1.82) is 0 Å². The minimum Gasteiger partial charge on any atom is -0.440 e. The number of carbonyl (C=O) groups excluding carboxylic acids is 1. The Balaban J connectivity index is 1.30. The Labute approximate surface area is 142 Å². The summed E-state index contributed by atoms with van der Waals surface area (Å²) in [7, 11) is 0. The molecule has 0 spiro atoms. The molecule has 0 saturated carbocycles. The standard InChI is InChI=1S/C19H24N2O3/c22-18(8-7-15-4-3-13-23-15)21-11-9-14(10-12-21)19-20-16-5-1-2-6-17(16)24-19/h1-2,5-6,14-15H,3-4,7-13H2. The molecule has 2 aromatic rings. The summed E-state index contributed by atoms with van der Waals surface area (Å²) in [4.78, 5) is 19.0. The van der Waals surface area contributed by atoms with E-state index in [1.807, 2.05) is 29.2 Å². The molecule has 0 bridgehead atoms. The number of benzene rings is 1. The Morgan fingerprint density at radius 1 is 1.21 bits per heavy atom. The van der Waals surface area contributed by atoms with Crippen LogP contribution in [0.5, 0.6) is 0 Å². The molecule has 1 atom stereocenters. The van der Waals surface area contributed by atoms with E-state index >= 15 is 0 Å². The summed E-state index contributed by atoms with van der Waals surface area (Å²) < 4.78 is 11.5. The average Bonchev–Trinajstić information content (AvgIpc) is 3.29. The predicted octanol–water partition coefficient (Wildman–Crippen LogP) is 3.49. The van der Waals surface area contributed by atoms with Gasteiger partial charge in [0.25, 0.3) is 0 Å². The maximum Gasteiger partial charge on any atom is 0.222 e. The molecule has 0 aliphatic carbocycles. The van der Waals surface area contributed by atoms with Crippen LogP contribution in [0.3, 0.4) is 0 Å². The van der Waals surface area contributed by atoms with Crippen LogP contribution in [0.15, 0.2) is 28.7 Å². The maximum atomic E-state index is 12.4. The van der Waals surface area contributed by atoms with Gasteiger partial charge in [-0.3, -0.25) is 4.79 Å². The highest BCUT2D eigenvalue weighted by Gasteiger charge is 2.27. The van der Waals surface area contributed by atoms with Crippen molar-refractivity contribution in [1.82, 2.24) is 9.88 Å². The van der Waals surface area contributed by atoms with Gasteiger partial charge in [-0.2, -0.15) is 0 Å². The summed E-state index contributed by atoms with van der Waals surface area (Å²) >= 11 is 0. The fraction of sp³-hybridized carbons (Fsp3) is 0.579. The first-order valence-electron chi connectivity index (χ1n) is 9.04. The van der Waals surface area contributed by atoms with Crippen molar-refractivity contribution in [2.24, 2.45) is 0 Å². The molecular weight excluding hydrogens is 304 g/mol. The number of rotatable bonds is 4. The quantitative estimate of drug-likeness (QED) is 0.862. The van der Waals surface area contributed by atoms with Gasteiger partial charge in [0.05, 0.1) is 6.10 Å². The van der Waals surface area contributed by atoms with Gasteiger partial charge < -0.3 is 14.1 Å². The lowest BCUT2D eigenvalue weighted by molar-refractivity contribution is -0.133. The number of ether oxygens (including phenoxy) is 1. The number of aromatic nitrogens is 1. The Hall–Kier alpha value is -1.88. The fourth-order valence-electron chi connectivity index (χ4n) is 3.76. The van der Waals surface area contributed by atoms with E-state index in [-0.39, 0.29) is 5.91 Å². The average molecular weight is 328 g/mol. The van der Waals surface area contributed by atoms with Crippen molar-refractivity contribution >= 4 is 17.0 Å². The van der Waals surface area contributed by atoms with Crippen molar-refractivity contribution in [3.05, 3.63) is 30.2 Å². The first-order chi connectivity index (χ1) is 11.8. The molecule has 2 aliphatic heterocycles. The second-order valence-electron chi connectivity index (χ2n) is 6.85. The van der Waals surface area contributed by atoms with Gasteiger partial charge in [-0.05, 0) is 44.2 Å². The molecule has 0 radical (unpaired) electrons. The van der Waals surface area contributed by atoms with Crippen molar-refractivity contribution in [2.45, 2.75) is 50.5 Å². The summed E-state index contributed by atoms with van der Waals surface area (Å²) in [5.41, 5.74) is 1.77. The van der Waals surface area contributed by atoms with E-state index in [4.69, 9.17) is 9.15 Å². The SMILES string of the molecule is O=C(CCC1CCCO1)N1CCC(c2nc3ccccc3o2)CC1. The molecule has 2 saturated heterocycles. The monoisotopic (exact) mass is 328 g/mol. The highest BCUT2D eigenvalue weighted by atomic mass is 16.5. The highest BCUT2D eigenvalue weighted by Crippen LogP contribution is 2.30. The van der Waals surface area contributed by atoms with Gasteiger partial charge >= 0.3 is 0 Å². The number of nitrogens with zero attached hydrogens (tertiary/aromatic N) is 2. The number of hydrogen-bond acceptors (Lipinski definition) is 4. The van der Waals surface area contributed by atoms with Crippen LogP contribution in [0.4, 0.5) is 0 Å². The van der Waals surface area contributed by atoms with Crippen molar-refractivity contribution in [3.63, 3.8) is 0 Å². The van der Waals surface area contributed by atoms with Gasteiger partial charge in [-0.15, -0.1) is 0 Å². The summed E-state index contributed by atoms with van der Waals surface area (Å²) in [5.74, 6) is 1.41. The molecular formula is C19H24N2O3. The molecule has 3 heterocycles. The lowest BCUT2D eigenvalue weighted by Gasteiger charge is -2.31. The van der Waals surface area contributed by atoms with Gasteiger partial charge in [0.1, 0.15) is 5.52 Å². The zero-order valence-corrected chi connectivity index (χ0v) is 13.9. The van der Waals surface area contributed by atoms with E-state index in [1.165, 1.54) is 0 Å². The van der Waals surface area contributed by atoms with Crippen LogP contribution >= 0.6 is 0 Å². The van der Waals surface area contributed by atoms with Gasteiger partial charge in [0, 0.05) is 32.0 Å². The molecule has 2 fully saturated rings. The van der Waals surface area contributed by atoms with Gasteiger partial charge in [-0.25, -0.2) is 4.98 Å². The summed E-state index contributed by atoms with van der Waals surface area (Å²) in [6, 6.07) is 7.87. The first kappa shape index (κ1) is 15.6. The van der Waals surface area contributed by atoms with E-state index in [0.717, 1.165) is 68.8 Å². The van der Waals surface area contributed by atoms with E-state index in [2.05, 4.69) is 4.98 Å². The van der Waals surface area contributed by atoms with Crippen LogP contribution in [-0.4, -0.2) is 41.6 Å². The van der Waals surface area contributed by atoms with Crippen LogP contribution < -0.4 is 0 Å². The van der Waals surface area contributed by atoms with Crippen molar-refractivity contribution in [3.8, 4) is 0 Å². The van der Waals surface area contributed by atoms with Crippen molar-refractivity contribution in [2.75, 3.05) is 19.7 Å². The molecule has 5 heteroatoms. The number of fused-ring (bicyclic) bond motifs is 1. The lowest BCUT2D eigenvalue weighted by atomic mass is 9.96.